The summed E-state index contributed by atoms with van der Waals surface area (Å²) < 4.78 is 37.0. The summed E-state index contributed by atoms with van der Waals surface area (Å²) in [5, 5.41) is 10.6. The van der Waals surface area contributed by atoms with Gasteiger partial charge in [0.25, 0.3) is 0 Å². The predicted octanol–water partition coefficient (Wildman–Crippen LogP) is 2.31. The lowest BCUT2D eigenvalue weighted by molar-refractivity contribution is 0.0175. The van der Waals surface area contributed by atoms with Crippen LogP contribution in [-0.2, 0) is 14.2 Å². The van der Waals surface area contributed by atoms with Crippen molar-refractivity contribution in [2.75, 3.05) is 41.7 Å². The number of rotatable bonds is 10. The summed E-state index contributed by atoms with van der Waals surface area (Å²) in [7, 11) is 4.48. The Hall–Kier alpha value is -2.85. The quantitative estimate of drug-likeness (QED) is 0.580. The van der Waals surface area contributed by atoms with Crippen LogP contribution < -0.4 is 18.9 Å². The summed E-state index contributed by atoms with van der Waals surface area (Å²) >= 11 is 0. The molecule has 0 bridgehead atoms. The largest absolute Gasteiger partial charge is 0.481 e. The number of aliphatic hydroxyl groups excluding tert-OH is 1. The summed E-state index contributed by atoms with van der Waals surface area (Å²) in [4.78, 5) is 13.0. The Labute approximate surface area is 174 Å². The predicted molar refractivity (Wildman–Crippen MR) is 104 cm³/mol. The van der Waals surface area contributed by atoms with Crippen LogP contribution in [0.2, 0.25) is 0 Å². The molecule has 0 saturated heterocycles. The standard InChI is InChI=1S/C21H24O9/c1-24-10-27-14-6-4-13(5-7-14)21-20(23)19(22)18-16(29-12-26-3)8-15(28-11-25-2)9-17(18)30-21/h4-9,20-21,23H,10-12H2,1-3H3/t20-,21+/m0/s1. The minimum Gasteiger partial charge on any atom is -0.481 e. The molecule has 0 saturated carbocycles. The van der Waals surface area contributed by atoms with Crippen molar-refractivity contribution < 1.29 is 43.1 Å². The zero-order chi connectivity index (χ0) is 21.5. The smallest absolute Gasteiger partial charge is 0.202 e. The fourth-order valence-corrected chi connectivity index (χ4v) is 2.97. The highest BCUT2D eigenvalue weighted by Gasteiger charge is 2.39. The molecule has 3 rings (SSSR count). The van der Waals surface area contributed by atoms with Crippen LogP contribution in [0.4, 0.5) is 0 Å². The van der Waals surface area contributed by atoms with Gasteiger partial charge in [-0.3, -0.25) is 4.79 Å². The lowest BCUT2D eigenvalue weighted by Gasteiger charge is -2.31. The van der Waals surface area contributed by atoms with E-state index in [-0.39, 0.29) is 37.4 Å². The van der Waals surface area contributed by atoms with E-state index in [2.05, 4.69) is 0 Å². The van der Waals surface area contributed by atoms with Gasteiger partial charge in [-0.15, -0.1) is 0 Å². The first-order valence-corrected chi connectivity index (χ1v) is 9.11. The molecule has 1 N–H and O–H groups in total. The van der Waals surface area contributed by atoms with Crippen molar-refractivity contribution in [2.45, 2.75) is 12.2 Å². The Morgan fingerprint density at radius 2 is 1.47 bits per heavy atom. The zero-order valence-electron chi connectivity index (χ0n) is 17.0. The number of benzene rings is 2. The maximum Gasteiger partial charge on any atom is 0.202 e. The number of carbonyl (C=O) groups is 1. The Morgan fingerprint density at radius 3 is 2.10 bits per heavy atom. The van der Waals surface area contributed by atoms with Gasteiger partial charge in [-0.1, -0.05) is 12.1 Å². The second-order valence-electron chi connectivity index (χ2n) is 6.36. The SMILES string of the molecule is COCOc1ccc([C@H]2Oc3cc(OCOC)cc(OCOC)c3C(=O)[C@@H]2O)cc1. The Bertz CT molecular complexity index is 850. The number of aliphatic hydroxyl groups is 1. The molecule has 2 aromatic carbocycles. The molecule has 0 radical (unpaired) electrons. The zero-order valence-corrected chi connectivity index (χ0v) is 17.0. The fraction of sp³-hybridized carbons (Fsp3) is 0.381. The molecule has 9 heteroatoms. The molecule has 1 aliphatic rings. The van der Waals surface area contributed by atoms with Crippen molar-refractivity contribution in [3.63, 3.8) is 0 Å². The van der Waals surface area contributed by atoms with Gasteiger partial charge in [-0.25, -0.2) is 0 Å². The van der Waals surface area contributed by atoms with E-state index < -0.39 is 18.0 Å². The van der Waals surface area contributed by atoms with E-state index in [0.717, 1.165) is 0 Å². The highest BCUT2D eigenvalue weighted by molar-refractivity contribution is 6.05. The molecule has 162 valence electrons. The first kappa shape index (κ1) is 21.8. The maximum absolute atomic E-state index is 13.0. The number of carbonyl (C=O) groups excluding carboxylic acids is 1. The number of hydrogen-bond donors (Lipinski definition) is 1. The molecule has 1 heterocycles. The molecule has 2 aromatic rings. The van der Waals surface area contributed by atoms with E-state index in [0.29, 0.717) is 17.1 Å². The summed E-state index contributed by atoms with van der Waals surface area (Å²) in [6, 6.07) is 9.91. The molecular weight excluding hydrogens is 396 g/mol. The molecule has 9 nitrogen and oxygen atoms in total. The van der Waals surface area contributed by atoms with Gasteiger partial charge in [0.2, 0.25) is 5.78 Å². The lowest BCUT2D eigenvalue weighted by Crippen LogP contribution is -2.36. The third-order valence-corrected chi connectivity index (χ3v) is 4.32. The number of fused-ring (bicyclic) bond motifs is 1. The Morgan fingerprint density at radius 1 is 0.867 bits per heavy atom. The first-order valence-electron chi connectivity index (χ1n) is 9.11. The van der Waals surface area contributed by atoms with Crippen LogP contribution in [-0.4, -0.2) is 58.7 Å². The van der Waals surface area contributed by atoms with E-state index in [4.69, 9.17) is 33.2 Å². The van der Waals surface area contributed by atoms with Crippen molar-refractivity contribution in [3.05, 3.63) is 47.5 Å². The summed E-state index contributed by atoms with van der Waals surface area (Å²) in [6.45, 7) is 0.0314. The minimum atomic E-state index is -1.42. The van der Waals surface area contributed by atoms with Crippen LogP contribution in [0.25, 0.3) is 0 Å². The van der Waals surface area contributed by atoms with Gasteiger partial charge in [0.15, 0.2) is 32.6 Å². The molecule has 0 amide bonds. The van der Waals surface area contributed by atoms with Gasteiger partial charge in [0, 0.05) is 33.5 Å². The third-order valence-electron chi connectivity index (χ3n) is 4.32. The molecule has 30 heavy (non-hydrogen) atoms. The number of hydrogen-bond acceptors (Lipinski definition) is 9. The summed E-state index contributed by atoms with van der Waals surface area (Å²) in [5.41, 5.74) is 0.731. The number of ketones is 1. The summed E-state index contributed by atoms with van der Waals surface area (Å²) in [6.07, 6.45) is -2.33. The van der Waals surface area contributed by atoms with Crippen molar-refractivity contribution in [2.24, 2.45) is 0 Å². The van der Waals surface area contributed by atoms with E-state index in [9.17, 15) is 9.90 Å². The maximum atomic E-state index is 13.0. The van der Waals surface area contributed by atoms with Crippen molar-refractivity contribution >= 4 is 5.78 Å². The van der Waals surface area contributed by atoms with E-state index in [1.54, 1.807) is 30.3 Å². The molecule has 0 spiro atoms. The third kappa shape index (κ3) is 4.82. The first-order chi connectivity index (χ1) is 14.6. The van der Waals surface area contributed by atoms with Gasteiger partial charge in [0.05, 0.1) is 0 Å². The molecule has 0 fully saturated rings. The molecule has 0 aliphatic carbocycles. The van der Waals surface area contributed by atoms with Crippen LogP contribution >= 0.6 is 0 Å². The van der Waals surface area contributed by atoms with Gasteiger partial charge < -0.3 is 38.3 Å². The van der Waals surface area contributed by atoms with Gasteiger partial charge >= 0.3 is 0 Å². The van der Waals surface area contributed by atoms with Gasteiger partial charge in [0.1, 0.15) is 28.6 Å². The summed E-state index contributed by atoms with van der Waals surface area (Å²) in [5.74, 6) is 0.863. The fourth-order valence-electron chi connectivity index (χ4n) is 2.97. The van der Waals surface area contributed by atoms with E-state index >= 15 is 0 Å². The molecule has 0 unspecified atom stereocenters. The van der Waals surface area contributed by atoms with Crippen molar-refractivity contribution in [1.82, 2.24) is 0 Å². The normalized spacial score (nSPS) is 17.8. The molecule has 1 aliphatic heterocycles. The average molecular weight is 420 g/mol. The Kier molecular flexibility index (Phi) is 7.47. The lowest BCUT2D eigenvalue weighted by atomic mass is 9.93. The van der Waals surface area contributed by atoms with Gasteiger partial charge in [-0.05, 0) is 17.7 Å². The second-order valence-corrected chi connectivity index (χ2v) is 6.36. The van der Waals surface area contributed by atoms with E-state index in [1.807, 2.05) is 0 Å². The number of methoxy groups -OCH3 is 3. The molecule has 2 atom stereocenters. The number of Topliss-reactive ketones (excluding diaryl/α,β-unsaturated/α-hetero) is 1. The van der Waals surface area contributed by atoms with Crippen LogP contribution in [0.3, 0.4) is 0 Å². The molecule has 0 aromatic heterocycles. The minimum absolute atomic E-state index is 0.00540. The highest BCUT2D eigenvalue weighted by atomic mass is 16.7. The average Bonchev–Trinajstić information content (AvgIpc) is 2.77. The molecular formula is C21H24O9. The van der Waals surface area contributed by atoms with Crippen molar-refractivity contribution in [3.8, 4) is 23.0 Å². The van der Waals surface area contributed by atoms with Gasteiger partial charge in [-0.2, -0.15) is 0 Å². The van der Waals surface area contributed by atoms with Crippen LogP contribution in [0, 0.1) is 0 Å². The number of ether oxygens (including phenoxy) is 7. The Balaban J connectivity index is 1.92. The topological polar surface area (TPSA) is 102 Å². The second kappa shape index (κ2) is 10.3. The van der Waals surface area contributed by atoms with Crippen LogP contribution in [0.15, 0.2) is 36.4 Å². The monoisotopic (exact) mass is 420 g/mol. The van der Waals surface area contributed by atoms with Crippen molar-refractivity contribution in [1.29, 1.82) is 0 Å². The van der Waals surface area contributed by atoms with Crippen LogP contribution in [0.5, 0.6) is 23.0 Å². The van der Waals surface area contributed by atoms with Crippen LogP contribution in [0.1, 0.15) is 22.0 Å². The van der Waals surface area contributed by atoms with E-state index in [1.165, 1.54) is 27.4 Å². The highest BCUT2D eigenvalue weighted by Crippen LogP contribution is 2.42.